The van der Waals surface area contributed by atoms with Crippen molar-refractivity contribution in [2.24, 2.45) is 5.92 Å². The highest BCUT2D eigenvalue weighted by Gasteiger charge is 2.41. The topological polar surface area (TPSA) is 66.4 Å². The fourth-order valence-corrected chi connectivity index (χ4v) is 5.29. The normalized spacial score (nSPS) is 18.5. The van der Waals surface area contributed by atoms with Gasteiger partial charge in [0.1, 0.15) is 12.1 Å². The molecule has 0 N–H and O–H groups in total. The lowest BCUT2D eigenvalue weighted by Crippen LogP contribution is -2.48. The molecule has 0 saturated carbocycles. The summed E-state index contributed by atoms with van der Waals surface area (Å²) in [6.07, 6.45) is -5.95. The van der Waals surface area contributed by atoms with Crippen LogP contribution in [0.2, 0.25) is 0 Å². The summed E-state index contributed by atoms with van der Waals surface area (Å²) >= 11 is 0. The number of amides is 2. The zero-order valence-electron chi connectivity index (χ0n) is 22.8. The van der Waals surface area contributed by atoms with Gasteiger partial charge in [-0.05, 0) is 67.3 Å². The van der Waals surface area contributed by atoms with E-state index < -0.39 is 53.1 Å². The van der Waals surface area contributed by atoms with Crippen LogP contribution in [-0.2, 0) is 17.1 Å². The predicted octanol–water partition coefficient (Wildman–Crippen LogP) is 6.43. The predicted molar refractivity (Wildman–Crippen MR) is 138 cm³/mol. The van der Waals surface area contributed by atoms with Crippen molar-refractivity contribution in [1.29, 1.82) is 0 Å². The molecule has 1 saturated heterocycles. The Bertz CT molecular complexity index is 1430. The van der Waals surface area contributed by atoms with Gasteiger partial charge in [0, 0.05) is 44.4 Å². The molecule has 6 nitrogen and oxygen atoms in total. The summed E-state index contributed by atoms with van der Waals surface area (Å²) in [5.41, 5.74) is -1.94. The van der Waals surface area contributed by atoms with Gasteiger partial charge in [-0.15, -0.1) is 0 Å². The van der Waals surface area contributed by atoms with E-state index in [0.717, 1.165) is 4.90 Å². The summed E-state index contributed by atoms with van der Waals surface area (Å²) < 4.78 is 94.7. The molecule has 4 rings (SSSR count). The van der Waals surface area contributed by atoms with E-state index in [4.69, 9.17) is 0 Å². The van der Waals surface area contributed by atoms with Gasteiger partial charge in [-0.25, -0.2) is 14.4 Å². The summed E-state index contributed by atoms with van der Waals surface area (Å²) in [5.74, 6) is -2.85. The van der Waals surface area contributed by atoms with Crippen molar-refractivity contribution >= 4 is 11.8 Å². The van der Waals surface area contributed by atoms with E-state index in [0.29, 0.717) is 23.3 Å². The van der Waals surface area contributed by atoms with Crippen LogP contribution in [0.4, 0.5) is 30.7 Å². The third kappa shape index (κ3) is 6.55. The molecule has 42 heavy (non-hydrogen) atoms. The number of halogens is 7. The standard InChI is InChI=1S/C29H27F7N4O2/c1-16-8-22(30)4-5-23(16)25-14-40(26(41)19-12-37-15-38-13-19)7-6-24(25)27(42)39(3)17(2)18-9-20(28(31,32)33)11-21(10-18)29(34,35)36/h4-5,8-13,15,17,24-25H,6-7,14H2,1-3H3/t17-,24?,25?/m0/s1. The van der Waals surface area contributed by atoms with Crippen LogP contribution in [0.15, 0.2) is 55.1 Å². The molecule has 3 atom stereocenters. The van der Waals surface area contributed by atoms with Gasteiger partial charge in [0.2, 0.25) is 5.91 Å². The lowest BCUT2D eigenvalue weighted by molar-refractivity contribution is -0.143. The molecular weight excluding hydrogens is 569 g/mol. The van der Waals surface area contributed by atoms with Crippen LogP contribution >= 0.6 is 0 Å². The molecule has 1 aliphatic rings. The molecule has 2 heterocycles. The van der Waals surface area contributed by atoms with Gasteiger partial charge in [0.25, 0.3) is 5.91 Å². The Labute approximate surface area is 237 Å². The fourth-order valence-electron chi connectivity index (χ4n) is 5.29. The first-order valence-electron chi connectivity index (χ1n) is 12.9. The molecule has 0 spiro atoms. The molecule has 0 aliphatic carbocycles. The van der Waals surface area contributed by atoms with Crippen molar-refractivity contribution in [1.82, 2.24) is 19.8 Å². The minimum Gasteiger partial charge on any atom is -0.339 e. The highest BCUT2D eigenvalue weighted by atomic mass is 19.4. The summed E-state index contributed by atoms with van der Waals surface area (Å²) in [7, 11) is 1.31. The maximum atomic E-state index is 13.9. The minimum atomic E-state index is -5.04. The Morgan fingerprint density at radius 3 is 2.12 bits per heavy atom. The minimum absolute atomic E-state index is 0.0376. The van der Waals surface area contributed by atoms with Gasteiger partial charge < -0.3 is 9.80 Å². The van der Waals surface area contributed by atoms with Crippen LogP contribution < -0.4 is 0 Å². The second-order valence-corrected chi connectivity index (χ2v) is 10.3. The molecular formula is C29H27F7N4O2. The lowest BCUT2D eigenvalue weighted by Gasteiger charge is -2.41. The van der Waals surface area contributed by atoms with E-state index in [1.165, 1.54) is 55.8 Å². The second kappa shape index (κ2) is 11.7. The lowest BCUT2D eigenvalue weighted by atomic mass is 9.78. The number of benzene rings is 2. The van der Waals surface area contributed by atoms with E-state index in [-0.39, 0.29) is 42.6 Å². The number of carbonyl (C=O) groups is 2. The average Bonchev–Trinajstić information content (AvgIpc) is 2.94. The molecule has 1 fully saturated rings. The van der Waals surface area contributed by atoms with Gasteiger partial charge in [0.05, 0.1) is 22.7 Å². The number of aromatic nitrogens is 2. The maximum absolute atomic E-state index is 13.9. The third-order valence-corrected chi connectivity index (χ3v) is 7.68. The SMILES string of the molecule is Cc1cc(F)ccc1C1CN(C(=O)c2cncnc2)CCC1C(=O)N(C)[C@@H](C)c1cc(C(F)(F)F)cc(C(F)(F)F)c1. The summed E-state index contributed by atoms with van der Waals surface area (Å²) in [6, 6.07) is 4.12. The van der Waals surface area contributed by atoms with Crippen molar-refractivity contribution in [2.45, 2.75) is 44.6 Å². The largest absolute Gasteiger partial charge is 0.416 e. The highest BCUT2D eigenvalue weighted by molar-refractivity contribution is 5.94. The maximum Gasteiger partial charge on any atom is 0.416 e. The van der Waals surface area contributed by atoms with Gasteiger partial charge in [0.15, 0.2) is 0 Å². The molecule has 0 radical (unpaired) electrons. The number of likely N-dealkylation sites (tertiary alicyclic amines) is 1. The summed E-state index contributed by atoms with van der Waals surface area (Å²) in [4.78, 5) is 37.4. The number of carbonyl (C=O) groups excluding carboxylic acids is 2. The zero-order valence-corrected chi connectivity index (χ0v) is 22.8. The van der Waals surface area contributed by atoms with Crippen molar-refractivity contribution in [3.8, 4) is 0 Å². The molecule has 1 aliphatic heterocycles. The monoisotopic (exact) mass is 596 g/mol. The van der Waals surface area contributed by atoms with Crippen molar-refractivity contribution in [3.05, 3.63) is 94.3 Å². The number of rotatable bonds is 5. The van der Waals surface area contributed by atoms with Crippen LogP contribution in [0, 0.1) is 18.7 Å². The second-order valence-electron chi connectivity index (χ2n) is 10.3. The highest BCUT2D eigenvalue weighted by Crippen LogP contribution is 2.40. The molecule has 3 aromatic rings. The van der Waals surface area contributed by atoms with Crippen LogP contribution in [-0.4, -0.2) is 51.7 Å². The number of aryl methyl sites for hydroxylation is 1. The molecule has 224 valence electrons. The Hall–Kier alpha value is -4.03. The van der Waals surface area contributed by atoms with Crippen LogP contribution in [0.5, 0.6) is 0 Å². The van der Waals surface area contributed by atoms with Crippen molar-refractivity contribution in [3.63, 3.8) is 0 Å². The first-order valence-corrected chi connectivity index (χ1v) is 12.9. The van der Waals surface area contributed by atoms with Crippen molar-refractivity contribution in [2.75, 3.05) is 20.1 Å². The average molecular weight is 597 g/mol. The van der Waals surface area contributed by atoms with E-state index in [1.54, 1.807) is 6.92 Å². The van der Waals surface area contributed by atoms with Crippen molar-refractivity contribution < 1.29 is 40.3 Å². The number of hydrogen-bond donors (Lipinski definition) is 0. The molecule has 2 amide bonds. The molecule has 0 bridgehead atoms. The fraction of sp³-hybridized carbons (Fsp3) is 0.379. The molecule has 13 heteroatoms. The number of alkyl halides is 6. The first kappa shape index (κ1) is 30.9. The molecule has 2 aromatic carbocycles. The van der Waals surface area contributed by atoms with E-state index >= 15 is 0 Å². The van der Waals surface area contributed by atoms with Gasteiger partial charge in [-0.2, -0.15) is 26.3 Å². The van der Waals surface area contributed by atoms with Crippen LogP contribution in [0.1, 0.15) is 63.5 Å². The summed E-state index contributed by atoms with van der Waals surface area (Å²) in [6.45, 7) is 3.20. The molecule has 2 unspecified atom stereocenters. The van der Waals surface area contributed by atoms with Crippen LogP contribution in [0.3, 0.4) is 0 Å². The van der Waals surface area contributed by atoms with E-state index in [1.807, 2.05) is 0 Å². The van der Waals surface area contributed by atoms with Crippen LogP contribution in [0.25, 0.3) is 0 Å². The Morgan fingerprint density at radius 1 is 0.976 bits per heavy atom. The first-order chi connectivity index (χ1) is 19.6. The third-order valence-electron chi connectivity index (χ3n) is 7.68. The van der Waals surface area contributed by atoms with E-state index in [2.05, 4.69) is 9.97 Å². The Morgan fingerprint density at radius 2 is 1.57 bits per heavy atom. The quantitative estimate of drug-likeness (QED) is 0.319. The number of nitrogens with zero attached hydrogens (tertiary/aromatic N) is 4. The van der Waals surface area contributed by atoms with Gasteiger partial charge >= 0.3 is 12.4 Å². The van der Waals surface area contributed by atoms with E-state index in [9.17, 15) is 40.3 Å². The molecule has 1 aromatic heterocycles. The Balaban J connectivity index is 1.67. The number of piperidine rings is 1. The summed E-state index contributed by atoms with van der Waals surface area (Å²) in [5, 5.41) is 0. The smallest absolute Gasteiger partial charge is 0.339 e. The van der Waals surface area contributed by atoms with Gasteiger partial charge in [-0.1, -0.05) is 6.07 Å². The number of hydrogen-bond acceptors (Lipinski definition) is 4. The zero-order chi connectivity index (χ0) is 31.0. The van der Waals surface area contributed by atoms with Gasteiger partial charge in [-0.3, -0.25) is 9.59 Å². The Kier molecular flexibility index (Phi) is 8.60.